The molecule has 0 spiro atoms. The maximum Gasteiger partial charge on any atom is 0.333 e. The number of fused-ring (bicyclic) bond motifs is 1. The standard InChI is InChI=1S/C16H15NO5S/c1-2-20-15(18)9-14-17-16(19)13(23-14)8-10-3-4-11-12(7-10)22-6-5-21-11/h3-4,7-9H,2,5-6H2,1H3,(H,17,19). The molecule has 1 aliphatic rings. The molecule has 2 aromatic rings. The van der Waals surface area contributed by atoms with Crippen molar-refractivity contribution in [2.24, 2.45) is 0 Å². The van der Waals surface area contributed by atoms with Crippen LogP contribution in [-0.4, -0.2) is 30.8 Å². The fourth-order valence-corrected chi connectivity index (χ4v) is 2.99. The van der Waals surface area contributed by atoms with Gasteiger partial charge in [-0.1, -0.05) is 6.07 Å². The zero-order chi connectivity index (χ0) is 16.2. The van der Waals surface area contributed by atoms with Crippen LogP contribution >= 0.6 is 11.3 Å². The average Bonchev–Trinajstić information content (AvgIpc) is 2.87. The summed E-state index contributed by atoms with van der Waals surface area (Å²) >= 11 is 1.19. The molecule has 0 atom stereocenters. The van der Waals surface area contributed by atoms with E-state index in [1.54, 1.807) is 13.0 Å². The normalized spacial score (nSPS) is 14.8. The van der Waals surface area contributed by atoms with Gasteiger partial charge in [-0.2, -0.15) is 0 Å². The van der Waals surface area contributed by atoms with Gasteiger partial charge in [-0.15, -0.1) is 11.3 Å². The van der Waals surface area contributed by atoms with Gasteiger partial charge in [-0.25, -0.2) is 4.79 Å². The highest BCUT2D eigenvalue weighted by Gasteiger charge is 2.11. The molecule has 0 bridgehead atoms. The Kier molecular flexibility index (Phi) is 4.47. The Labute approximate surface area is 135 Å². The minimum Gasteiger partial charge on any atom is -0.486 e. The summed E-state index contributed by atoms with van der Waals surface area (Å²) in [6, 6.07) is 5.48. The number of aromatic nitrogens is 1. The first kappa shape index (κ1) is 15.4. The second-order valence-electron chi connectivity index (χ2n) is 4.73. The highest BCUT2D eigenvalue weighted by atomic mass is 32.1. The summed E-state index contributed by atoms with van der Waals surface area (Å²) in [6.07, 6.45) is 3.01. The van der Waals surface area contributed by atoms with E-state index in [1.807, 2.05) is 18.2 Å². The fraction of sp³-hybridized carbons (Fsp3) is 0.250. The van der Waals surface area contributed by atoms with E-state index in [1.165, 1.54) is 17.4 Å². The Bertz CT molecular complexity index is 896. The minimum absolute atomic E-state index is 0.250. The third-order valence-electron chi connectivity index (χ3n) is 3.08. The number of nitrogens with one attached hydrogen (secondary N) is 1. The molecule has 23 heavy (non-hydrogen) atoms. The van der Waals surface area contributed by atoms with Crippen LogP contribution in [0, 0.1) is 0 Å². The van der Waals surface area contributed by atoms with Crippen LogP contribution in [0.15, 0.2) is 23.0 Å². The lowest BCUT2D eigenvalue weighted by atomic mass is 10.2. The van der Waals surface area contributed by atoms with Crippen LogP contribution in [0.5, 0.6) is 11.5 Å². The second kappa shape index (κ2) is 6.70. The number of benzene rings is 1. The van der Waals surface area contributed by atoms with Crippen LogP contribution in [0.2, 0.25) is 0 Å². The Morgan fingerprint density at radius 1 is 1.35 bits per heavy atom. The monoisotopic (exact) mass is 333 g/mol. The number of hydrogen-bond acceptors (Lipinski definition) is 6. The van der Waals surface area contributed by atoms with Crippen molar-refractivity contribution >= 4 is 29.5 Å². The van der Waals surface area contributed by atoms with Gasteiger partial charge >= 0.3 is 5.97 Å². The van der Waals surface area contributed by atoms with E-state index in [2.05, 4.69) is 4.98 Å². The van der Waals surface area contributed by atoms with E-state index >= 15 is 0 Å². The molecule has 0 radical (unpaired) electrons. The number of ether oxygens (including phenoxy) is 3. The van der Waals surface area contributed by atoms with E-state index in [9.17, 15) is 9.59 Å². The molecule has 1 aromatic carbocycles. The van der Waals surface area contributed by atoms with Gasteiger partial charge < -0.3 is 19.2 Å². The molecule has 0 unspecified atom stereocenters. The smallest absolute Gasteiger partial charge is 0.333 e. The lowest BCUT2D eigenvalue weighted by molar-refractivity contribution is -0.135. The van der Waals surface area contributed by atoms with E-state index in [4.69, 9.17) is 14.2 Å². The summed E-state index contributed by atoms with van der Waals surface area (Å²) in [6.45, 7) is 3.06. The van der Waals surface area contributed by atoms with Gasteiger partial charge in [0.05, 0.1) is 17.2 Å². The van der Waals surface area contributed by atoms with Gasteiger partial charge in [-0.05, 0) is 30.7 Å². The largest absolute Gasteiger partial charge is 0.486 e. The first-order chi connectivity index (χ1) is 11.2. The maximum absolute atomic E-state index is 12.0. The van der Waals surface area contributed by atoms with E-state index < -0.39 is 5.97 Å². The molecular weight excluding hydrogens is 318 g/mol. The minimum atomic E-state index is -0.476. The molecule has 120 valence electrons. The lowest BCUT2D eigenvalue weighted by Gasteiger charge is -2.18. The van der Waals surface area contributed by atoms with Crippen molar-refractivity contribution in [3.05, 3.63) is 43.3 Å². The highest BCUT2D eigenvalue weighted by Crippen LogP contribution is 2.30. The van der Waals surface area contributed by atoms with Crippen molar-refractivity contribution in [3.63, 3.8) is 0 Å². The van der Waals surface area contributed by atoms with Crippen molar-refractivity contribution < 1.29 is 19.0 Å². The quantitative estimate of drug-likeness (QED) is 0.822. The molecule has 1 aromatic heterocycles. The first-order valence-corrected chi connectivity index (χ1v) is 7.96. The van der Waals surface area contributed by atoms with E-state index in [0.717, 1.165) is 5.56 Å². The molecular formula is C16H15NO5S. The second-order valence-corrected chi connectivity index (χ2v) is 5.81. The molecule has 1 aliphatic heterocycles. The summed E-state index contributed by atoms with van der Waals surface area (Å²) in [5.74, 6) is 0.886. The molecule has 0 aliphatic carbocycles. The van der Waals surface area contributed by atoms with Crippen molar-refractivity contribution in [1.29, 1.82) is 0 Å². The molecule has 0 fully saturated rings. The number of H-pyrrole nitrogens is 1. The third-order valence-corrected chi connectivity index (χ3v) is 4.04. The highest BCUT2D eigenvalue weighted by molar-refractivity contribution is 7.07. The molecule has 0 saturated carbocycles. The summed E-state index contributed by atoms with van der Waals surface area (Å²) in [5, 5.41) is 0. The van der Waals surface area contributed by atoms with Gasteiger partial charge in [0.15, 0.2) is 11.5 Å². The van der Waals surface area contributed by atoms with Crippen LogP contribution in [0.1, 0.15) is 12.5 Å². The SMILES string of the molecule is CCOC(=O)C=c1[nH]c(=O)c(=Cc2ccc3c(c2)OCCO3)s1. The predicted octanol–water partition coefficient (Wildman–Crippen LogP) is 0.380. The summed E-state index contributed by atoms with van der Waals surface area (Å²) in [4.78, 5) is 26.0. The Morgan fingerprint density at radius 2 is 2.13 bits per heavy atom. The number of carbonyl (C=O) groups excluding carboxylic acids is 1. The average molecular weight is 333 g/mol. The van der Waals surface area contributed by atoms with Crippen molar-refractivity contribution in [2.45, 2.75) is 6.92 Å². The van der Waals surface area contributed by atoms with E-state index in [0.29, 0.717) is 40.5 Å². The predicted molar refractivity (Wildman–Crippen MR) is 86.3 cm³/mol. The third kappa shape index (κ3) is 3.62. The van der Waals surface area contributed by atoms with Gasteiger partial charge in [0.2, 0.25) is 0 Å². The molecule has 3 rings (SSSR count). The van der Waals surface area contributed by atoms with Crippen molar-refractivity contribution in [2.75, 3.05) is 19.8 Å². The van der Waals surface area contributed by atoms with Gasteiger partial charge in [0.1, 0.15) is 17.9 Å². The maximum atomic E-state index is 12.0. The zero-order valence-electron chi connectivity index (χ0n) is 12.5. The molecule has 6 nitrogen and oxygen atoms in total. The topological polar surface area (TPSA) is 77.6 Å². The fourth-order valence-electron chi connectivity index (χ4n) is 2.12. The number of carbonyl (C=O) groups is 1. The molecule has 0 saturated heterocycles. The Hall–Kier alpha value is -2.54. The zero-order valence-corrected chi connectivity index (χ0v) is 13.3. The number of esters is 1. The number of thiazole rings is 1. The van der Waals surface area contributed by atoms with Gasteiger partial charge in [0.25, 0.3) is 5.56 Å². The van der Waals surface area contributed by atoms with Crippen LogP contribution < -0.4 is 24.2 Å². The molecule has 7 heteroatoms. The summed E-state index contributed by atoms with van der Waals surface area (Å²) in [7, 11) is 0. The number of hydrogen-bond donors (Lipinski definition) is 1. The Morgan fingerprint density at radius 3 is 2.91 bits per heavy atom. The molecule has 0 amide bonds. The lowest BCUT2D eigenvalue weighted by Crippen LogP contribution is -2.20. The van der Waals surface area contributed by atoms with Crippen LogP contribution in [-0.2, 0) is 9.53 Å². The Balaban J connectivity index is 1.95. The summed E-state index contributed by atoms with van der Waals surface area (Å²) < 4.78 is 16.8. The summed E-state index contributed by atoms with van der Waals surface area (Å²) in [5.41, 5.74) is 0.574. The van der Waals surface area contributed by atoms with Gasteiger partial charge in [-0.3, -0.25) is 4.79 Å². The van der Waals surface area contributed by atoms with Crippen LogP contribution in [0.25, 0.3) is 12.2 Å². The molecule has 1 N–H and O–H groups in total. The number of rotatable bonds is 3. The van der Waals surface area contributed by atoms with Crippen LogP contribution in [0.3, 0.4) is 0 Å². The van der Waals surface area contributed by atoms with Gasteiger partial charge in [0, 0.05) is 0 Å². The van der Waals surface area contributed by atoms with E-state index in [-0.39, 0.29) is 5.56 Å². The van der Waals surface area contributed by atoms with Crippen LogP contribution in [0.4, 0.5) is 0 Å². The first-order valence-electron chi connectivity index (χ1n) is 7.14. The van der Waals surface area contributed by atoms with Crippen molar-refractivity contribution in [1.82, 2.24) is 4.98 Å². The van der Waals surface area contributed by atoms with Crippen molar-refractivity contribution in [3.8, 4) is 11.5 Å². The molecule has 2 heterocycles. The number of aromatic amines is 1.